The third kappa shape index (κ3) is 2.12. The van der Waals surface area contributed by atoms with E-state index in [1.807, 2.05) is 13.1 Å². The molecule has 0 aromatic carbocycles. The number of halogens is 2. The van der Waals surface area contributed by atoms with E-state index in [0.29, 0.717) is 5.15 Å². The highest BCUT2D eigenvalue weighted by atomic mass is 127. The minimum absolute atomic E-state index is 0.494. The lowest BCUT2D eigenvalue weighted by atomic mass is 10.2. The summed E-state index contributed by atoms with van der Waals surface area (Å²) in [5.74, 6) is 0.750. The van der Waals surface area contributed by atoms with Crippen LogP contribution in [-0.2, 0) is 6.42 Å². The van der Waals surface area contributed by atoms with Crippen LogP contribution in [0.1, 0.15) is 12.5 Å². The van der Waals surface area contributed by atoms with Gasteiger partial charge in [-0.05, 0) is 29.0 Å². The number of rotatable bonds is 2. The van der Waals surface area contributed by atoms with Gasteiger partial charge in [0.2, 0.25) is 0 Å². The predicted octanol–water partition coefficient (Wildman–Crippen LogP) is 2.48. The van der Waals surface area contributed by atoms with E-state index in [1.54, 1.807) is 10.9 Å². The molecule has 6 heteroatoms. The van der Waals surface area contributed by atoms with Gasteiger partial charge in [0.15, 0.2) is 5.82 Å². The van der Waals surface area contributed by atoms with Gasteiger partial charge in [-0.1, -0.05) is 18.5 Å². The fourth-order valence-electron chi connectivity index (χ4n) is 1.30. The van der Waals surface area contributed by atoms with E-state index in [-0.39, 0.29) is 0 Å². The van der Waals surface area contributed by atoms with Gasteiger partial charge in [0.05, 0.1) is 9.77 Å². The molecule has 0 bridgehead atoms. The van der Waals surface area contributed by atoms with Crippen LogP contribution >= 0.6 is 34.2 Å². The molecule has 0 amide bonds. The predicted molar refractivity (Wildman–Crippen MR) is 66.3 cm³/mol. The Kier molecular flexibility index (Phi) is 3.20. The van der Waals surface area contributed by atoms with Gasteiger partial charge in [-0.15, -0.1) is 0 Å². The zero-order chi connectivity index (χ0) is 10.8. The van der Waals surface area contributed by atoms with Gasteiger partial charge in [0.25, 0.3) is 0 Å². The molecule has 0 aliphatic rings. The Morgan fingerprint density at radius 1 is 1.47 bits per heavy atom. The normalized spacial score (nSPS) is 10.6. The summed E-state index contributed by atoms with van der Waals surface area (Å²) in [6.45, 7) is 2.02. The van der Waals surface area contributed by atoms with Crippen molar-refractivity contribution < 1.29 is 0 Å². The average molecular weight is 335 g/mol. The Bertz CT molecular complexity index is 483. The van der Waals surface area contributed by atoms with Crippen molar-refractivity contribution in [2.24, 2.45) is 0 Å². The molecule has 0 unspecified atom stereocenters. The summed E-state index contributed by atoms with van der Waals surface area (Å²) in [5.41, 5.74) is 0.915. The second-order valence-electron chi connectivity index (χ2n) is 2.92. The molecule has 2 aromatic rings. The lowest BCUT2D eigenvalue weighted by Crippen LogP contribution is -2.04. The minimum atomic E-state index is 0.494. The second kappa shape index (κ2) is 4.44. The zero-order valence-electron chi connectivity index (χ0n) is 7.98. The molecule has 0 atom stereocenters. The first-order valence-corrected chi connectivity index (χ1v) is 5.88. The molecular formula is C9H8ClIN4. The molecule has 0 saturated heterocycles. The number of aromatic nitrogens is 4. The molecule has 0 aliphatic heterocycles. The van der Waals surface area contributed by atoms with Gasteiger partial charge in [-0.3, -0.25) is 0 Å². The Balaban J connectivity index is 2.57. The largest absolute Gasteiger partial charge is 0.224 e. The first-order valence-electron chi connectivity index (χ1n) is 4.42. The highest BCUT2D eigenvalue weighted by Gasteiger charge is 2.10. The van der Waals surface area contributed by atoms with Crippen LogP contribution in [0, 0.1) is 3.57 Å². The summed E-state index contributed by atoms with van der Waals surface area (Å²) < 4.78 is 2.78. The maximum atomic E-state index is 5.99. The van der Waals surface area contributed by atoms with Crippen molar-refractivity contribution in [3.8, 4) is 5.82 Å². The van der Waals surface area contributed by atoms with Gasteiger partial charge in [-0.2, -0.15) is 5.10 Å². The fourth-order valence-corrected chi connectivity index (χ4v) is 1.95. The maximum absolute atomic E-state index is 5.99. The lowest BCUT2D eigenvalue weighted by molar-refractivity contribution is 0.817. The molecule has 2 aromatic heterocycles. The third-order valence-electron chi connectivity index (χ3n) is 1.99. The van der Waals surface area contributed by atoms with Gasteiger partial charge in [-0.25, -0.2) is 14.6 Å². The summed E-state index contributed by atoms with van der Waals surface area (Å²) in [6, 6.07) is 0. The van der Waals surface area contributed by atoms with Crippen molar-refractivity contribution in [2.45, 2.75) is 13.3 Å². The summed E-state index contributed by atoms with van der Waals surface area (Å²) in [7, 11) is 0. The Labute approximate surface area is 106 Å². The SMILES string of the molecule is CCc1c(Cl)ncnc1-n1cc(I)cn1. The quantitative estimate of drug-likeness (QED) is 0.626. The fraction of sp³-hybridized carbons (Fsp3) is 0.222. The first-order chi connectivity index (χ1) is 7.22. The van der Waals surface area contributed by atoms with Gasteiger partial charge < -0.3 is 0 Å². The van der Waals surface area contributed by atoms with Gasteiger partial charge >= 0.3 is 0 Å². The average Bonchev–Trinajstić information content (AvgIpc) is 2.64. The van der Waals surface area contributed by atoms with E-state index in [4.69, 9.17) is 11.6 Å². The van der Waals surface area contributed by atoms with Gasteiger partial charge in [0.1, 0.15) is 11.5 Å². The van der Waals surface area contributed by atoms with E-state index >= 15 is 0 Å². The molecule has 0 fully saturated rings. The first kappa shape index (κ1) is 10.8. The summed E-state index contributed by atoms with van der Waals surface area (Å²) in [5, 5.41) is 4.69. The summed E-state index contributed by atoms with van der Waals surface area (Å²) >= 11 is 8.19. The van der Waals surface area contributed by atoms with Crippen LogP contribution in [0.15, 0.2) is 18.7 Å². The van der Waals surface area contributed by atoms with Crippen molar-refractivity contribution in [3.05, 3.63) is 33.0 Å². The van der Waals surface area contributed by atoms with Gasteiger partial charge in [0, 0.05) is 11.8 Å². The topological polar surface area (TPSA) is 43.6 Å². The molecule has 78 valence electrons. The maximum Gasteiger partial charge on any atom is 0.161 e. The Hall–Kier alpha value is -0.690. The molecule has 15 heavy (non-hydrogen) atoms. The Morgan fingerprint density at radius 2 is 2.27 bits per heavy atom. The lowest BCUT2D eigenvalue weighted by Gasteiger charge is -2.06. The number of nitrogens with zero attached hydrogens (tertiary/aromatic N) is 4. The molecular weight excluding hydrogens is 326 g/mol. The van der Waals surface area contributed by atoms with Crippen molar-refractivity contribution in [3.63, 3.8) is 0 Å². The highest BCUT2D eigenvalue weighted by molar-refractivity contribution is 14.1. The van der Waals surface area contributed by atoms with Crippen LogP contribution in [0.4, 0.5) is 0 Å². The summed E-state index contributed by atoms with van der Waals surface area (Å²) in [6.07, 6.45) is 5.91. The number of hydrogen-bond acceptors (Lipinski definition) is 3. The van der Waals surface area contributed by atoms with Crippen molar-refractivity contribution >= 4 is 34.2 Å². The molecule has 0 radical (unpaired) electrons. The number of hydrogen-bond donors (Lipinski definition) is 0. The minimum Gasteiger partial charge on any atom is -0.224 e. The molecule has 0 aliphatic carbocycles. The Morgan fingerprint density at radius 3 is 2.87 bits per heavy atom. The van der Waals surface area contributed by atoms with Crippen molar-refractivity contribution in [1.29, 1.82) is 0 Å². The van der Waals surface area contributed by atoms with Crippen LogP contribution < -0.4 is 0 Å². The zero-order valence-corrected chi connectivity index (χ0v) is 10.9. The third-order valence-corrected chi connectivity index (χ3v) is 2.87. The molecule has 2 rings (SSSR count). The van der Waals surface area contributed by atoms with Crippen LogP contribution in [0.3, 0.4) is 0 Å². The molecule has 0 spiro atoms. The second-order valence-corrected chi connectivity index (χ2v) is 4.53. The highest BCUT2D eigenvalue weighted by Crippen LogP contribution is 2.19. The van der Waals surface area contributed by atoms with Crippen molar-refractivity contribution in [1.82, 2.24) is 19.7 Å². The van der Waals surface area contributed by atoms with Crippen LogP contribution in [0.2, 0.25) is 5.15 Å². The van der Waals surface area contributed by atoms with Crippen LogP contribution in [0.25, 0.3) is 5.82 Å². The van der Waals surface area contributed by atoms with E-state index in [9.17, 15) is 0 Å². The van der Waals surface area contributed by atoms with Crippen LogP contribution in [-0.4, -0.2) is 19.7 Å². The molecule has 2 heterocycles. The van der Waals surface area contributed by atoms with Crippen LogP contribution in [0.5, 0.6) is 0 Å². The standard InChI is InChI=1S/C9H8ClIN4/c1-2-7-8(10)12-5-13-9(7)15-4-6(11)3-14-15/h3-5H,2H2,1H3. The van der Waals surface area contributed by atoms with Crippen molar-refractivity contribution in [2.75, 3.05) is 0 Å². The van der Waals surface area contributed by atoms with E-state index in [2.05, 4.69) is 37.7 Å². The summed E-state index contributed by atoms with van der Waals surface area (Å²) in [4.78, 5) is 8.15. The van der Waals surface area contributed by atoms with E-state index < -0.39 is 0 Å². The molecule has 0 saturated carbocycles. The molecule has 4 nitrogen and oxygen atoms in total. The molecule has 0 N–H and O–H groups in total. The monoisotopic (exact) mass is 334 g/mol. The smallest absolute Gasteiger partial charge is 0.161 e. The van der Waals surface area contributed by atoms with E-state index in [1.165, 1.54) is 6.33 Å². The van der Waals surface area contributed by atoms with E-state index in [0.717, 1.165) is 21.4 Å².